The number of para-hydroxylation sites is 1. The number of benzene rings is 1. The van der Waals surface area contributed by atoms with Crippen LogP contribution in [0.15, 0.2) is 41.1 Å². The smallest absolute Gasteiger partial charge is 0.216 e. The zero-order chi connectivity index (χ0) is 13.0. The van der Waals surface area contributed by atoms with Crippen LogP contribution in [0.3, 0.4) is 0 Å². The Morgan fingerprint density at radius 2 is 2.06 bits per heavy atom. The lowest BCUT2D eigenvalue weighted by molar-refractivity contribution is 0.380. The van der Waals surface area contributed by atoms with Gasteiger partial charge in [0.2, 0.25) is 10.0 Å². The molecule has 18 heavy (non-hydrogen) atoms. The van der Waals surface area contributed by atoms with E-state index in [4.69, 9.17) is 10.3 Å². The molecule has 0 spiro atoms. The molecule has 7 heteroatoms. The molecule has 1 aromatic carbocycles. The maximum Gasteiger partial charge on any atom is 0.216 e. The first kappa shape index (κ1) is 12.6. The van der Waals surface area contributed by atoms with Gasteiger partial charge in [0.05, 0.1) is 18.5 Å². The molecule has 0 aliphatic heterocycles. The molecule has 0 amide bonds. The first-order valence-corrected chi connectivity index (χ1v) is 6.92. The topological polar surface area (TPSA) is 98.2 Å². The average molecular weight is 267 g/mol. The fourth-order valence-electron chi connectivity index (χ4n) is 1.44. The van der Waals surface area contributed by atoms with Crippen LogP contribution >= 0.6 is 0 Å². The summed E-state index contributed by atoms with van der Waals surface area (Å²) in [5.41, 5.74) is 6.73. The van der Waals surface area contributed by atoms with Crippen molar-refractivity contribution < 1.29 is 12.9 Å². The third-order valence-corrected chi connectivity index (χ3v) is 3.63. The highest BCUT2D eigenvalue weighted by Crippen LogP contribution is 2.13. The summed E-state index contributed by atoms with van der Waals surface area (Å²) in [7, 11) is -3.45. The summed E-state index contributed by atoms with van der Waals surface area (Å²) in [6, 6.07) is 8.45. The van der Waals surface area contributed by atoms with Crippen LogP contribution in [0.5, 0.6) is 0 Å². The normalized spacial score (nSPS) is 11.6. The van der Waals surface area contributed by atoms with Crippen LogP contribution in [0.1, 0.15) is 11.3 Å². The number of rotatable bonds is 5. The predicted octanol–water partition coefficient (Wildman–Crippen LogP) is 0.876. The van der Waals surface area contributed by atoms with E-state index >= 15 is 0 Å². The van der Waals surface area contributed by atoms with Gasteiger partial charge in [-0.1, -0.05) is 23.4 Å². The van der Waals surface area contributed by atoms with E-state index in [2.05, 4.69) is 9.88 Å². The molecule has 3 N–H and O–H groups in total. The number of hydrogen-bond donors (Lipinski definition) is 2. The Kier molecular flexibility index (Phi) is 3.63. The summed E-state index contributed by atoms with van der Waals surface area (Å²) in [6.45, 7) is 0.0784. The Bertz CT molecular complexity index is 608. The monoisotopic (exact) mass is 267 g/mol. The van der Waals surface area contributed by atoms with Crippen LogP contribution in [0.2, 0.25) is 0 Å². The predicted molar refractivity (Wildman–Crippen MR) is 66.8 cm³/mol. The molecule has 0 unspecified atom stereocenters. The zero-order valence-electron chi connectivity index (χ0n) is 9.54. The van der Waals surface area contributed by atoms with Crippen molar-refractivity contribution in [3.8, 4) is 0 Å². The summed E-state index contributed by atoms with van der Waals surface area (Å²) in [5.74, 6) is 0.299. The molecule has 0 atom stereocenters. The number of nitrogens with zero attached hydrogens (tertiary/aromatic N) is 1. The van der Waals surface area contributed by atoms with Gasteiger partial charge in [-0.25, -0.2) is 13.1 Å². The van der Waals surface area contributed by atoms with Crippen molar-refractivity contribution in [2.24, 2.45) is 0 Å². The van der Waals surface area contributed by atoms with E-state index in [-0.39, 0.29) is 12.3 Å². The molecule has 0 fully saturated rings. The van der Waals surface area contributed by atoms with Crippen molar-refractivity contribution >= 4 is 15.7 Å². The zero-order valence-corrected chi connectivity index (χ0v) is 10.4. The van der Waals surface area contributed by atoms with Gasteiger partial charge in [0.15, 0.2) is 5.76 Å². The molecule has 96 valence electrons. The van der Waals surface area contributed by atoms with Gasteiger partial charge in [0.1, 0.15) is 0 Å². The Labute approximate surface area is 105 Å². The highest BCUT2D eigenvalue weighted by Gasteiger charge is 2.13. The number of nitrogen functional groups attached to an aromatic ring is 1. The molecule has 0 aliphatic rings. The lowest BCUT2D eigenvalue weighted by atomic mass is 10.2. The Balaban J connectivity index is 2.02. The van der Waals surface area contributed by atoms with Gasteiger partial charge in [0.25, 0.3) is 0 Å². The molecule has 2 aromatic rings. The van der Waals surface area contributed by atoms with Crippen molar-refractivity contribution in [1.29, 1.82) is 0 Å². The average Bonchev–Trinajstić information content (AvgIpc) is 2.83. The molecule has 1 aromatic heterocycles. The van der Waals surface area contributed by atoms with E-state index in [1.165, 1.54) is 6.20 Å². The lowest BCUT2D eigenvalue weighted by Crippen LogP contribution is -2.24. The summed E-state index contributed by atoms with van der Waals surface area (Å²) in [5, 5.41) is 3.49. The lowest BCUT2D eigenvalue weighted by Gasteiger charge is -2.07. The third-order valence-electron chi connectivity index (χ3n) is 2.36. The van der Waals surface area contributed by atoms with Gasteiger partial charge >= 0.3 is 0 Å². The van der Waals surface area contributed by atoms with E-state index in [9.17, 15) is 8.42 Å². The Hall–Kier alpha value is -1.86. The largest absolute Gasteiger partial charge is 0.398 e. The van der Waals surface area contributed by atoms with Crippen LogP contribution in [0.25, 0.3) is 0 Å². The van der Waals surface area contributed by atoms with Crippen LogP contribution in [-0.4, -0.2) is 13.6 Å². The van der Waals surface area contributed by atoms with Gasteiger partial charge in [0, 0.05) is 11.8 Å². The van der Waals surface area contributed by atoms with Crippen LogP contribution < -0.4 is 10.5 Å². The maximum absolute atomic E-state index is 11.8. The first-order valence-electron chi connectivity index (χ1n) is 5.27. The molecule has 0 radical (unpaired) electrons. The van der Waals surface area contributed by atoms with Crippen molar-refractivity contribution in [1.82, 2.24) is 9.88 Å². The molecule has 0 saturated heterocycles. The molecular weight excluding hydrogens is 254 g/mol. The Morgan fingerprint density at radius 1 is 1.28 bits per heavy atom. The molecule has 2 rings (SSSR count). The minimum atomic E-state index is -3.45. The maximum atomic E-state index is 11.8. The summed E-state index contributed by atoms with van der Waals surface area (Å²) < 4.78 is 30.9. The minimum absolute atomic E-state index is 0.0784. The van der Waals surface area contributed by atoms with E-state index in [1.807, 2.05) is 0 Å². The van der Waals surface area contributed by atoms with Crippen LogP contribution in [0, 0.1) is 0 Å². The molecule has 0 aliphatic carbocycles. The molecular formula is C11H13N3O3S. The summed E-state index contributed by atoms with van der Waals surface area (Å²) in [6.07, 6.45) is 1.46. The fourth-order valence-corrected chi connectivity index (χ4v) is 2.57. The number of anilines is 1. The highest BCUT2D eigenvalue weighted by atomic mass is 32.2. The SMILES string of the molecule is Nc1ccccc1CS(=O)(=O)NCc1ccno1. The fraction of sp³-hybridized carbons (Fsp3) is 0.182. The minimum Gasteiger partial charge on any atom is -0.398 e. The third kappa shape index (κ3) is 3.31. The summed E-state index contributed by atoms with van der Waals surface area (Å²) in [4.78, 5) is 0. The molecule has 0 saturated carbocycles. The second kappa shape index (κ2) is 5.19. The van der Waals surface area contributed by atoms with Crippen molar-refractivity contribution in [3.05, 3.63) is 47.9 Å². The van der Waals surface area contributed by atoms with Gasteiger partial charge < -0.3 is 10.3 Å². The Morgan fingerprint density at radius 3 is 2.72 bits per heavy atom. The number of aromatic nitrogens is 1. The second-order valence-electron chi connectivity index (χ2n) is 3.76. The van der Waals surface area contributed by atoms with Crippen LogP contribution in [-0.2, 0) is 22.3 Å². The first-order chi connectivity index (χ1) is 8.57. The standard InChI is InChI=1S/C11H13N3O3S/c12-11-4-2-1-3-9(11)8-18(15,16)14-7-10-5-6-13-17-10/h1-6,14H,7-8,12H2. The van der Waals surface area contributed by atoms with Crippen molar-refractivity contribution in [3.63, 3.8) is 0 Å². The van der Waals surface area contributed by atoms with Gasteiger partial charge in [-0.15, -0.1) is 0 Å². The highest BCUT2D eigenvalue weighted by molar-refractivity contribution is 7.88. The molecule has 1 heterocycles. The number of nitrogens with one attached hydrogen (secondary N) is 1. The van der Waals surface area contributed by atoms with E-state index in [0.29, 0.717) is 17.0 Å². The number of nitrogens with two attached hydrogens (primary N) is 1. The van der Waals surface area contributed by atoms with Crippen molar-refractivity contribution in [2.45, 2.75) is 12.3 Å². The molecule has 0 bridgehead atoms. The number of sulfonamides is 1. The molecule has 6 nitrogen and oxygen atoms in total. The number of hydrogen-bond acceptors (Lipinski definition) is 5. The van der Waals surface area contributed by atoms with E-state index < -0.39 is 10.0 Å². The van der Waals surface area contributed by atoms with Crippen LogP contribution in [0.4, 0.5) is 5.69 Å². The van der Waals surface area contributed by atoms with Gasteiger partial charge in [-0.05, 0) is 11.6 Å². The van der Waals surface area contributed by atoms with E-state index in [0.717, 1.165) is 0 Å². The second-order valence-corrected chi connectivity index (χ2v) is 5.56. The summed E-state index contributed by atoms with van der Waals surface area (Å²) >= 11 is 0. The van der Waals surface area contributed by atoms with Gasteiger partial charge in [-0.2, -0.15) is 0 Å². The van der Waals surface area contributed by atoms with Crippen molar-refractivity contribution in [2.75, 3.05) is 5.73 Å². The van der Waals surface area contributed by atoms with Gasteiger partial charge in [-0.3, -0.25) is 0 Å². The quantitative estimate of drug-likeness (QED) is 0.783. The van der Waals surface area contributed by atoms with E-state index in [1.54, 1.807) is 30.3 Å².